The quantitative estimate of drug-likeness (QED) is 0.834. The molecule has 0 atom stereocenters. The van der Waals surface area contributed by atoms with Gasteiger partial charge >= 0.3 is 0 Å². The molecule has 2 N–H and O–H groups in total. The SMILES string of the molecule is CN(C)c1ccc(NC(=O)CC(=O)Nc2ccccc2)cc1. The highest BCUT2D eigenvalue weighted by Gasteiger charge is 2.10. The Balaban J connectivity index is 1.86. The zero-order chi connectivity index (χ0) is 15.9. The van der Waals surface area contributed by atoms with Crippen molar-refractivity contribution in [3.05, 3.63) is 54.6 Å². The van der Waals surface area contributed by atoms with E-state index in [9.17, 15) is 9.59 Å². The molecule has 0 spiro atoms. The molecule has 0 aliphatic carbocycles. The maximum absolute atomic E-state index is 11.8. The number of hydrogen-bond donors (Lipinski definition) is 2. The van der Waals surface area contributed by atoms with Crippen molar-refractivity contribution in [2.45, 2.75) is 6.42 Å². The van der Waals surface area contributed by atoms with E-state index >= 15 is 0 Å². The van der Waals surface area contributed by atoms with E-state index in [4.69, 9.17) is 0 Å². The summed E-state index contributed by atoms with van der Waals surface area (Å²) in [5.74, 6) is -0.681. The molecule has 114 valence electrons. The average molecular weight is 297 g/mol. The van der Waals surface area contributed by atoms with Crippen LogP contribution in [0, 0.1) is 0 Å². The summed E-state index contributed by atoms with van der Waals surface area (Å²) in [6.45, 7) is 0. The number of nitrogens with zero attached hydrogens (tertiary/aromatic N) is 1. The van der Waals surface area contributed by atoms with E-state index in [0.717, 1.165) is 5.69 Å². The summed E-state index contributed by atoms with van der Waals surface area (Å²) in [4.78, 5) is 25.6. The number of hydrogen-bond acceptors (Lipinski definition) is 3. The molecule has 0 heterocycles. The summed E-state index contributed by atoms with van der Waals surface area (Å²) in [6.07, 6.45) is -0.218. The van der Waals surface area contributed by atoms with E-state index in [1.54, 1.807) is 12.1 Å². The lowest BCUT2D eigenvalue weighted by Gasteiger charge is -2.13. The predicted molar refractivity (Wildman–Crippen MR) is 89.1 cm³/mol. The summed E-state index contributed by atoms with van der Waals surface area (Å²) in [6, 6.07) is 16.5. The zero-order valence-corrected chi connectivity index (χ0v) is 12.7. The second kappa shape index (κ2) is 7.26. The molecule has 0 aromatic heterocycles. The minimum Gasteiger partial charge on any atom is -0.378 e. The number of para-hydroxylation sites is 1. The molecule has 0 fully saturated rings. The van der Waals surface area contributed by atoms with Crippen LogP contribution < -0.4 is 15.5 Å². The molecule has 22 heavy (non-hydrogen) atoms. The third kappa shape index (κ3) is 4.63. The van der Waals surface area contributed by atoms with E-state index in [0.29, 0.717) is 11.4 Å². The molecule has 0 radical (unpaired) electrons. The van der Waals surface area contributed by atoms with Gasteiger partial charge in [0.1, 0.15) is 6.42 Å². The molecule has 2 amide bonds. The first-order valence-corrected chi connectivity index (χ1v) is 6.97. The number of nitrogens with one attached hydrogen (secondary N) is 2. The maximum Gasteiger partial charge on any atom is 0.233 e. The Morgan fingerprint density at radius 1 is 0.818 bits per heavy atom. The van der Waals surface area contributed by atoms with Crippen LogP contribution in [0.1, 0.15) is 6.42 Å². The molecule has 5 nitrogen and oxygen atoms in total. The van der Waals surface area contributed by atoms with Gasteiger partial charge in [-0.15, -0.1) is 0 Å². The van der Waals surface area contributed by atoms with Crippen LogP contribution in [-0.2, 0) is 9.59 Å². The van der Waals surface area contributed by atoms with Gasteiger partial charge in [-0.2, -0.15) is 0 Å². The van der Waals surface area contributed by atoms with Crippen molar-refractivity contribution >= 4 is 28.9 Å². The minimum atomic E-state index is -0.342. The highest BCUT2D eigenvalue weighted by Crippen LogP contribution is 2.15. The number of carbonyl (C=O) groups is 2. The first kappa shape index (κ1) is 15.6. The summed E-state index contributed by atoms with van der Waals surface area (Å²) in [5, 5.41) is 5.38. The summed E-state index contributed by atoms with van der Waals surface area (Å²) >= 11 is 0. The summed E-state index contributed by atoms with van der Waals surface area (Å²) in [5.41, 5.74) is 2.39. The zero-order valence-electron chi connectivity index (χ0n) is 12.7. The van der Waals surface area contributed by atoms with Gasteiger partial charge in [0, 0.05) is 31.2 Å². The molecular weight excluding hydrogens is 278 g/mol. The van der Waals surface area contributed by atoms with Crippen LogP contribution in [0.15, 0.2) is 54.6 Å². The van der Waals surface area contributed by atoms with Gasteiger partial charge in [-0.1, -0.05) is 18.2 Å². The Morgan fingerprint density at radius 3 is 1.82 bits per heavy atom. The second-order valence-electron chi connectivity index (χ2n) is 5.08. The van der Waals surface area contributed by atoms with E-state index in [-0.39, 0.29) is 18.2 Å². The summed E-state index contributed by atoms with van der Waals surface area (Å²) < 4.78 is 0. The Hall–Kier alpha value is -2.82. The van der Waals surface area contributed by atoms with Crippen LogP contribution in [0.5, 0.6) is 0 Å². The van der Waals surface area contributed by atoms with Gasteiger partial charge in [0.05, 0.1) is 0 Å². The number of rotatable bonds is 5. The normalized spacial score (nSPS) is 9.91. The monoisotopic (exact) mass is 297 g/mol. The van der Waals surface area contributed by atoms with Crippen LogP contribution in [0.25, 0.3) is 0 Å². The number of amides is 2. The van der Waals surface area contributed by atoms with Crippen molar-refractivity contribution in [2.24, 2.45) is 0 Å². The van der Waals surface area contributed by atoms with Crippen LogP contribution in [0.3, 0.4) is 0 Å². The Bertz CT molecular complexity index is 637. The number of anilines is 3. The van der Waals surface area contributed by atoms with Crippen LogP contribution in [0.2, 0.25) is 0 Å². The molecule has 0 aliphatic rings. The van der Waals surface area contributed by atoms with E-state index in [1.165, 1.54) is 0 Å². The largest absolute Gasteiger partial charge is 0.378 e. The van der Waals surface area contributed by atoms with Gasteiger partial charge in [0.2, 0.25) is 11.8 Å². The van der Waals surface area contributed by atoms with Gasteiger partial charge in [0.25, 0.3) is 0 Å². The highest BCUT2D eigenvalue weighted by atomic mass is 16.2. The molecule has 2 aromatic carbocycles. The van der Waals surface area contributed by atoms with Gasteiger partial charge in [-0.3, -0.25) is 9.59 Å². The van der Waals surface area contributed by atoms with Crippen LogP contribution in [-0.4, -0.2) is 25.9 Å². The fraction of sp³-hybridized carbons (Fsp3) is 0.176. The lowest BCUT2D eigenvalue weighted by Crippen LogP contribution is -2.21. The number of benzene rings is 2. The van der Waals surface area contributed by atoms with Crippen molar-refractivity contribution in [1.29, 1.82) is 0 Å². The predicted octanol–water partition coefficient (Wildman–Crippen LogP) is 2.72. The lowest BCUT2D eigenvalue weighted by molar-refractivity contribution is -0.123. The fourth-order valence-electron chi connectivity index (χ4n) is 1.92. The third-order valence-corrected chi connectivity index (χ3v) is 3.05. The minimum absolute atomic E-state index is 0.218. The maximum atomic E-state index is 11.8. The first-order chi connectivity index (χ1) is 10.5. The molecule has 0 saturated heterocycles. The van der Waals surface area contributed by atoms with Crippen LogP contribution >= 0.6 is 0 Å². The smallest absolute Gasteiger partial charge is 0.233 e. The van der Waals surface area contributed by atoms with E-state index in [1.807, 2.05) is 61.5 Å². The van der Waals surface area contributed by atoms with Gasteiger partial charge in [-0.25, -0.2) is 0 Å². The highest BCUT2D eigenvalue weighted by molar-refractivity contribution is 6.08. The van der Waals surface area contributed by atoms with Crippen molar-refractivity contribution < 1.29 is 9.59 Å². The van der Waals surface area contributed by atoms with Gasteiger partial charge in [-0.05, 0) is 36.4 Å². The Labute approximate surface area is 129 Å². The molecule has 2 rings (SSSR count). The van der Waals surface area contributed by atoms with E-state index < -0.39 is 0 Å². The topological polar surface area (TPSA) is 61.4 Å². The molecular formula is C17H19N3O2. The lowest BCUT2D eigenvalue weighted by atomic mass is 10.2. The standard InChI is InChI=1S/C17H19N3O2/c1-20(2)15-10-8-14(9-11-15)19-17(22)12-16(21)18-13-6-4-3-5-7-13/h3-11H,12H2,1-2H3,(H,18,21)(H,19,22). The molecule has 0 aliphatic heterocycles. The van der Waals surface area contributed by atoms with Crippen molar-refractivity contribution in [2.75, 3.05) is 29.6 Å². The van der Waals surface area contributed by atoms with Gasteiger partial charge < -0.3 is 15.5 Å². The Kier molecular flexibility index (Phi) is 5.14. The molecule has 0 saturated carbocycles. The molecule has 5 heteroatoms. The summed E-state index contributed by atoms with van der Waals surface area (Å²) in [7, 11) is 3.89. The molecule has 2 aromatic rings. The average Bonchev–Trinajstić information content (AvgIpc) is 2.48. The van der Waals surface area contributed by atoms with Crippen molar-refractivity contribution in [3.63, 3.8) is 0 Å². The Morgan fingerprint density at radius 2 is 1.32 bits per heavy atom. The fourth-order valence-corrected chi connectivity index (χ4v) is 1.92. The second-order valence-corrected chi connectivity index (χ2v) is 5.08. The van der Waals surface area contributed by atoms with Crippen LogP contribution in [0.4, 0.5) is 17.1 Å². The molecule has 0 unspecified atom stereocenters. The number of carbonyl (C=O) groups excluding carboxylic acids is 2. The van der Waals surface area contributed by atoms with Crippen molar-refractivity contribution in [1.82, 2.24) is 0 Å². The van der Waals surface area contributed by atoms with Gasteiger partial charge in [0.15, 0.2) is 0 Å². The first-order valence-electron chi connectivity index (χ1n) is 6.97. The van der Waals surface area contributed by atoms with Crippen molar-refractivity contribution in [3.8, 4) is 0 Å². The third-order valence-electron chi connectivity index (χ3n) is 3.05. The van der Waals surface area contributed by atoms with E-state index in [2.05, 4.69) is 10.6 Å². The molecule has 0 bridgehead atoms.